The number of piperazine rings is 1. The van der Waals surface area contributed by atoms with Gasteiger partial charge in [0.1, 0.15) is 5.82 Å². The third kappa shape index (κ3) is 6.42. The Morgan fingerprint density at radius 1 is 1.00 bits per heavy atom. The highest BCUT2D eigenvalue weighted by Crippen LogP contribution is 2.22. The van der Waals surface area contributed by atoms with E-state index in [0.717, 1.165) is 55.7 Å². The van der Waals surface area contributed by atoms with Crippen molar-refractivity contribution in [1.29, 1.82) is 0 Å². The fourth-order valence-corrected chi connectivity index (χ4v) is 4.78. The van der Waals surface area contributed by atoms with Crippen LogP contribution in [0.3, 0.4) is 0 Å². The zero-order valence-electron chi connectivity index (χ0n) is 20.7. The van der Waals surface area contributed by atoms with Crippen molar-refractivity contribution in [2.45, 2.75) is 39.5 Å². The number of aryl methyl sites for hydroxylation is 1. The van der Waals surface area contributed by atoms with Crippen LogP contribution >= 0.6 is 11.5 Å². The Labute approximate surface area is 207 Å². The lowest BCUT2D eigenvalue weighted by Crippen LogP contribution is -2.48. The SMILES string of the molecule is Cc1ccc(Cc2nsc(N3CCN(CCNC(=O)c4ccc(C(C)(C)C)cc4)CC3)n2)cc1. The smallest absolute Gasteiger partial charge is 0.251 e. The molecule has 0 atom stereocenters. The van der Waals surface area contributed by atoms with E-state index in [4.69, 9.17) is 4.98 Å². The van der Waals surface area contributed by atoms with Gasteiger partial charge < -0.3 is 10.2 Å². The Balaban J connectivity index is 1.19. The first-order valence-electron chi connectivity index (χ1n) is 12.0. The fraction of sp³-hybridized carbons (Fsp3) is 0.444. The van der Waals surface area contributed by atoms with E-state index in [1.165, 1.54) is 28.2 Å². The molecule has 1 aliphatic heterocycles. The summed E-state index contributed by atoms with van der Waals surface area (Å²) in [6, 6.07) is 16.5. The molecule has 0 unspecified atom stereocenters. The predicted molar refractivity (Wildman–Crippen MR) is 140 cm³/mol. The standard InChI is InChI=1S/C27H35N5OS/c1-20-5-7-21(8-6-20)19-24-29-26(34-30-24)32-17-15-31(16-18-32)14-13-28-25(33)22-9-11-23(12-10-22)27(2,3)4/h5-12H,13-19H2,1-4H3,(H,28,33). The molecule has 7 heteroatoms. The Kier molecular flexibility index (Phi) is 7.63. The van der Waals surface area contributed by atoms with Crippen molar-refractivity contribution in [1.82, 2.24) is 19.6 Å². The van der Waals surface area contributed by atoms with Crippen LogP contribution in [0.25, 0.3) is 0 Å². The van der Waals surface area contributed by atoms with Gasteiger partial charge in [-0.1, -0.05) is 62.7 Å². The van der Waals surface area contributed by atoms with E-state index in [0.29, 0.717) is 6.54 Å². The largest absolute Gasteiger partial charge is 0.351 e. The van der Waals surface area contributed by atoms with E-state index in [9.17, 15) is 4.79 Å². The Morgan fingerprint density at radius 3 is 2.32 bits per heavy atom. The summed E-state index contributed by atoms with van der Waals surface area (Å²) in [5.74, 6) is 0.888. The molecule has 1 N–H and O–H groups in total. The number of hydrogen-bond acceptors (Lipinski definition) is 6. The van der Waals surface area contributed by atoms with Gasteiger partial charge in [0.05, 0.1) is 0 Å². The first-order valence-corrected chi connectivity index (χ1v) is 12.8. The van der Waals surface area contributed by atoms with E-state index < -0.39 is 0 Å². The molecule has 3 aromatic rings. The zero-order chi connectivity index (χ0) is 24.1. The number of rotatable bonds is 7. The topological polar surface area (TPSA) is 61.4 Å². The van der Waals surface area contributed by atoms with Crippen LogP contribution in [0.4, 0.5) is 5.13 Å². The molecule has 4 rings (SSSR count). The Hall–Kier alpha value is -2.77. The molecule has 6 nitrogen and oxygen atoms in total. The van der Waals surface area contributed by atoms with Crippen LogP contribution in [0.1, 0.15) is 53.6 Å². The molecule has 0 saturated carbocycles. The number of hydrogen-bond donors (Lipinski definition) is 1. The van der Waals surface area contributed by atoms with Crippen LogP contribution < -0.4 is 10.2 Å². The predicted octanol–water partition coefficient (Wildman–Crippen LogP) is 4.29. The van der Waals surface area contributed by atoms with Crippen molar-refractivity contribution in [3.63, 3.8) is 0 Å². The minimum absolute atomic E-state index is 0.00550. The van der Waals surface area contributed by atoms with Gasteiger partial charge in [0.15, 0.2) is 0 Å². The van der Waals surface area contributed by atoms with Gasteiger partial charge in [-0.15, -0.1) is 0 Å². The monoisotopic (exact) mass is 477 g/mol. The first kappa shape index (κ1) is 24.4. The molecule has 1 saturated heterocycles. The molecule has 2 aromatic carbocycles. The number of aromatic nitrogens is 2. The minimum atomic E-state index is -0.00550. The molecule has 1 aliphatic rings. The molecule has 1 aromatic heterocycles. The summed E-state index contributed by atoms with van der Waals surface area (Å²) in [6.07, 6.45) is 0.773. The number of carbonyl (C=O) groups excluding carboxylic acids is 1. The molecule has 0 bridgehead atoms. The molecule has 180 valence electrons. The minimum Gasteiger partial charge on any atom is -0.351 e. The first-order chi connectivity index (χ1) is 16.3. The number of anilines is 1. The van der Waals surface area contributed by atoms with Crippen LogP contribution in [0.5, 0.6) is 0 Å². The van der Waals surface area contributed by atoms with Crippen molar-refractivity contribution in [2.24, 2.45) is 0 Å². The Bertz CT molecular complexity index is 1080. The lowest BCUT2D eigenvalue weighted by molar-refractivity contribution is 0.0947. The van der Waals surface area contributed by atoms with E-state index in [1.54, 1.807) is 0 Å². The van der Waals surface area contributed by atoms with Crippen molar-refractivity contribution in [3.8, 4) is 0 Å². The second-order valence-corrected chi connectivity index (χ2v) is 10.8. The zero-order valence-corrected chi connectivity index (χ0v) is 21.5. The lowest BCUT2D eigenvalue weighted by Gasteiger charge is -2.34. The summed E-state index contributed by atoms with van der Waals surface area (Å²) in [7, 11) is 0. The highest BCUT2D eigenvalue weighted by molar-refractivity contribution is 7.09. The van der Waals surface area contributed by atoms with Gasteiger partial charge in [0, 0.05) is 62.8 Å². The van der Waals surface area contributed by atoms with E-state index in [-0.39, 0.29) is 11.3 Å². The quantitative estimate of drug-likeness (QED) is 0.550. The van der Waals surface area contributed by atoms with E-state index in [1.807, 2.05) is 24.3 Å². The van der Waals surface area contributed by atoms with Gasteiger partial charge in [0.25, 0.3) is 5.91 Å². The third-order valence-electron chi connectivity index (χ3n) is 6.31. The molecular weight excluding hydrogens is 442 g/mol. The lowest BCUT2D eigenvalue weighted by atomic mass is 9.87. The number of nitrogens with one attached hydrogen (secondary N) is 1. The molecule has 34 heavy (non-hydrogen) atoms. The highest BCUT2D eigenvalue weighted by Gasteiger charge is 2.20. The van der Waals surface area contributed by atoms with Crippen LogP contribution in [0.15, 0.2) is 48.5 Å². The van der Waals surface area contributed by atoms with Crippen molar-refractivity contribution in [2.75, 3.05) is 44.2 Å². The summed E-state index contributed by atoms with van der Waals surface area (Å²) in [6.45, 7) is 13.9. The summed E-state index contributed by atoms with van der Waals surface area (Å²) < 4.78 is 4.57. The molecule has 1 amide bonds. The van der Waals surface area contributed by atoms with E-state index in [2.05, 4.69) is 71.5 Å². The maximum Gasteiger partial charge on any atom is 0.251 e. The molecular formula is C27H35N5OS. The van der Waals surface area contributed by atoms with Gasteiger partial charge in [-0.2, -0.15) is 4.37 Å². The van der Waals surface area contributed by atoms with Crippen LogP contribution in [-0.4, -0.2) is 59.4 Å². The number of amides is 1. The van der Waals surface area contributed by atoms with Crippen molar-refractivity contribution < 1.29 is 4.79 Å². The maximum absolute atomic E-state index is 12.5. The summed E-state index contributed by atoms with van der Waals surface area (Å²) in [5.41, 5.74) is 4.55. The van der Waals surface area contributed by atoms with Crippen LogP contribution in [-0.2, 0) is 11.8 Å². The summed E-state index contributed by atoms with van der Waals surface area (Å²) >= 11 is 1.49. The average molecular weight is 478 g/mol. The number of nitrogens with zero attached hydrogens (tertiary/aromatic N) is 4. The summed E-state index contributed by atoms with van der Waals surface area (Å²) in [5, 5.41) is 4.07. The van der Waals surface area contributed by atoms with E-state index >= 15 is 0 Å². The molecule has 0 spiro atoms. The average Bonchev–Trinajstić information content (AvgIpc) is 3.29. The normalized spacial score (nSPS) is 14.9. The maximum atomic E-state index is 12.5. The van der Waals surface area contributed by atoms with Crippen molar-refractivity contribution in [3.05, 3.63) is 76.6 Å². The van der Waals surface area contributed by atoms with Crippen molar-refractivity contribution >= 4 is 22.6 Å². The molecule has 2 heterocycles. The fourth-order valence-electron chi connectivity index (χ4n) is 4.05. The second kappa shape index (κ2) is 10.7. The molecule has 0 aliphatic carbocycles. The van der Waals surface area contributed by atoms with Crippen LogP contribution in [0, 0.1) is 6.92 Å². The third-order valence-corrected chi connectivity index (χ3v) is 7.12. The van der Waals surface area contributed by atoms with Gasteiger partial charge in [-0.25, -0.2) is 4.98 Å². The summed E-state index contributed by atoms with van der Waals surface area (Å²) in [4.78, 5) is 22.0. The van der Waals surface area contributed by atoms with Crippen LogP contribution in [0.2, 0.25) is 0 Å². The van der Waals surface area contributed by atoms with Gasteiger partial charge in [-0.3, -0.25) is 9.69 Å². The number of carbonyl (C=O) groups is 1. The highest BCUT2D eigenvalue weighted by atomic mass is 32.1. The van der Waals surface area contributed by atoms with Gasteiger partial charge in [0.2, 0.25) is 5.13 Å². The number of benzene rings is 2. The second-order valence-electron chi connectivity index (χ2n) is 10.1. The Morgan fingerprint density at radius 2 is 1.68 bits per heavy atom. The van der Waals surface area contributed by atoms with Gasteiger partial charge in [-0.05, 0) is 35.6 Å². The molecule has 0 radical (unpaired) electrons. The molecule has 1 fully saturated rings. The van der Waals surface area contributed by atoms with Gasteiger partial charge >= 0.3 is 0 Å².